The SMILES string of the molecule is CC[C@H](NC(=O)[C@@H]1CN(CCCc2ccccc2)C(=O)N1C(=O)[C@@H](NC(=O)OCC1c2ccccc2-c2ccccc21)C(C)C)B1O[C@@H]2CC3CC(C3(C)C)[C@]2(C)O1. The molecule has 3 aromatic rings. The van der Waals surface area contributed by atoms with Crippen LogP contribution in [0.2, 0.25) is 0 Å². The first-order chi connectivity index (χ1) is 27.8. The lowest BCUT2D eigenvalue weighted by Crippen LogP contribution is -2.65. The number of hydrogen-bond donors (Lipinski definition) is 2. The number of carbonyl (C=O) groups excluding carboxylic acids is 4. The molecule has 12 heteroatoms. The van der Waals surface area contributed by atoms with Crippen molar-refractivity contribution in [3.05, 3.63) is 95.6 Å². The molecule has 11 nitrogen and oxygen atoms in total. The molecule has 2 bridgehead atoms. The van der Waals surface area contributed by atoms with Gasteiger partial charge in [0.2, 0.25) is 5.91 Å². The number of nitrogens with zero attached hydrogens (tertiary/aromatic N) is 2. The van der Waals surface area contributed by atoms with Crippen LogP contribution in [-0.2, 0) is 30.1 Å². The van der Waals surface area contributed by atoms with Crippen molar-refractivity contribution >= 4 is 31.1 Å². The molecule has 6 aliphatic rings. The highest BCUT2D eigenvalue weighted by Crippen LogP contribution is 2.65. The lowest BCUT2D eigenvalue weighted by molar-refractivity contribution is -0.199. The van der Waals surface area contributed by atoms with E-state index in [1.54, 1.807) is 18.7 Å². The Kier molecular flexibility index (Phi) is 10.9. The van der Waals surface area contributed by atoms with Gasteiger partial charge in [0.05, 0.1) is 24.2 Å². The Morgan fingerprint density at radius 3 is 2.21 bits per heavy atom. The summed E-state index contributed by atoms with van der Waals surface area (Å²) in [5, 5.41) is 5.91. The van der Waals surface area contributed by atoms with Crippen molar-refractivity contribution in [1.29, 1.82) is 0 Å². The van der Waals surface area contributed by atoms with Crippen LogP contribution in [0.3, 0.4) is 0 Å². The maximum absolute atomic E-state index is 14.6. The second-order valence-corrected chi connectivity index (χ2v) is 18.1. The lowest BCUT2D eigenvalue weighted by Gasteiger charge is -2.64. The fourth-order valence-electron chi connectivity index (χ4n) is 10.6. The molecular weight excluding hydrogens is 731 g/mol. The van der Waals surface area contributed by atoms with Crippen molar-refractivity contribution in [2.24, 2.45) is 23.2 Å². The summed E-state index contributed by atoms with van der Waals surface area (Å²) in [5.74, 6) is -1.23. The van der Waals surface area contributed by atoms with Gasteiger partial charge >= 0.3 is 19.2 Å². The second-order valence-electron chi connectivity index (χ2n) is 18.1. The Hall–Kier alpha value is -4.68. The van der Waals surface area contributed by atoms with Gasteiger partial charge in [-0.15, -0.1) is 0 Å². The van der Waals surface area contributed by atoms with E-state index in [4.69, 9.17) is 14.0 Å². The Balaban J connectivity index is 0.973. The van der Waals surface area contributed by atoms with Crippen molar-refractivity contribution in [1.82, 2.24) is 20.4 Å². The molecule has 2 unspecified atom stereocenters. The molecule has 3 aromatic carbocycles. The highest BCUT2D eigenvalue weighted by molar-refractivity contribution is 6.48. The number of aryl methyl sites for hydroxylation is 1. The van der Waals surface area contributed by atoms with Crippen LogP contribution in [-0.4, -0.2) is 90.3 Å². The van der Waals surface area contributed by atoms with E-state index in [2.05, 4.69) is 43.5 Å². The van der Waals surface area contributed by atoms with Gasteiger partial charge in [0, 0.05) is 12.5 Å². The highest BCUT2D eigenvalue weighted by atomic mass is 16.7. The van der Waals surface area contributed by atoms with Crippen molar-refractivity contribution in [2.45, 2.75) is 109 Å². The zero-order valence-electron chi connectivity index (χ0n) is 34.6. The van der Waals surface area contributed by atoms with Gasteiger partial charge in [-0.2, -0.15) is 0 Å². The van der Waals surface area contributed by atoms with E-state index >= 15 is 0 Å². The molecule has 306 valence electrons. The van der Waals surface area contributed by atoms with Crippen LogP contribution in [0.25, 0.3) is 11.1 Å². The molecule has 9 rings (SSSR count). The molecule has 0 aromatic heterocycles. The molecule has 4 aliphatic carbocycles. The van der Waals surface area contributed by atoms with Gasteiger partial charge in [0.1, 0.15) is 18.7 Å². The van der Waals surface area contributed by atoms with Gasteiger partial charge in [-0.05, 0) is 90.0 Å². The highest BCUT2D eigenvalue weighted by Gasteiger charge is 2.68. The average molecular weight is 789 g/mol. The number of carbonyl (C=O) groups is 4. The number of benzene rings is 3. The number of urea groups is 1. The monoisotopic (exact) mass is 788 g/mol. The van der Waals surface area contributed by atoms with Crippen LogP contribution in [0.5, 0.6) is 0 Å². The fourth-order valence-corrected chi connectivity index (χ4v) is 10.6. The molecule has 0 radical (unpaired) electrons. The predicted octanol–water partition coefficient (Wildman–Crippen LogP) is 6.98. The minimum atomic E-state index is -1.12. The first-order valence-electron chi connectivity index (χ1n) is 21.2. The summed E-state index contributed by atoms with van der Waals surface area (Å²) < 4.78 is 19.1. The molecule has 2 aliphatic heterocycles. The number of hydrogen-bond acceptors (Lipinski definition) is 7. The summed E-state index contributed by atoms with van der Waals surface area (Å²) in [6, 6.07) is 23.4. The molecular formula is C46H57BN4O7. The fraction of sp³-hybridized carbons (Fsp3) is 0.522. The molecule has 3 saturated carbocycles. The average Bonchev–Trinajstić information content (AvgIpc) is 3.86. The third-order valence-corrected chi connectivity index (χ3v) is 14.1. The van der Waals surface area contributed by atoms with E-state index in [9.17, 15) is 19.2 Å². The van der Waals surface area contributed by atoms with Gasteiger partial charge in [-0.1, -0.05) is 113 Å². The third-order valence-electron chi connectivity index (χ3n) is 14.1. The number of fused-ring (bicyclic) bond motifs is 3. The van der Waals surface area contributed by atoms with Crippen molar-refractivity contribution < 1.29 is 33.2 Å². The number of alkyl carbamates (subject to hydrolysis) is 1. The Bertz CT molecular complexity index is 2000. The van der Waals surface area contributed by atoms with E-state index < -0.39 is 60.6 Å². The van der Waals surface area contributed by atoms with Crippen LogP contribution in [0.15, 0.2) is 78.9 Å². The van der Waals surface area contributed by atoms with Gasteiger partial charge in [0.25, 0.3) is 5.91 Å². The zero-order chi connectivity index (χ0) is 40.9. The van der Waals surface area contributed by atoms with E-state index in [0.29, 0.717) is 31.2 Å². The summed E-state index contributed by atoms with van der Waals surface area (Å²) in [6.07, 6.45) is 3.14. The van der Waals surface area contributed by atoms with Crippen molar-refractivity contribution in [3.63, 3.8) is 0 Å². The standard InChI is InChI=1S/C46H57BN4O7/c1-7-39(47-57-38-25-30-24-37(45(30,4)5)46(38,6)58-47)48-41(52)36-26-50(23-15-18-29-16-9-8-10-17-29)44(55)51(36)42(53)40(28(2)3)49-43(54)56-27-35-33-21-13-11-19-31(33)32-20-12-14-22-34(32)35/h8-14,16-17,19-22,28,30,35-40H,7,15,18,23-27H2,1-6H3,(H,48,52)(H,49,54)/t30?,36-,37?,38+,39-,40-,46-/m0/s1. The van der Waals surface area contributed by atoms with Crippen LogP contribution in [0, 0.1) is 23.2 Å². The number of imide groups is 1. The summed E-state index contributed by atoms with van der Waals surface area (Å²) in [7, 11) is -0.652. The van der Waals surface area contributed by atoms with Crippen molar-refractivity contribution in [3.8, 4) is 11.1 Å². The molecule has 5 fully saturated rings. The van der Waals surface area contributed by atoms with Gasteiger partial charge in [0.15, 0.2) is 0 Å². The number of rotatable bonds is 13. The maximum Gasteiger partial charge on any atom is 0.481 e. The molecule has 7 atom stereocenters. The third kappa shape index (κ3) is 7.10. The van der Waals surface area contributed by atoms with Crippen LogP contribution >= 0.6 is 0 Å². The summed E-state index contributed by atoms with van der Waals surface area (Å²) >= 11 is 0. The van der Waals surface area contributed by atoms with Gasteiger partial charge in [-0.25, -0.2) is 14.5 Å². The van der Waals surface area contributed by atoms with E-state index in [1.165, 1.54) is 0 Å². The largest absolute Gasteiger partial charge is 0.481 e. The molecule has 58 heavy (non-hydrogen) atoms. The molecule has 2 N–H and O–H groups in total. The number of ether oxygens (including phenoxy) is 1. The van der Waals surface area contributed by atoms with Gasteiger partial charge in [-0.3, -0.25) is 9.59 Å². The summed E-state index contributed by atoms with van der Waals surface area (Å²) in [5.41, 5.74) is 5.23. The van der Waals surface area contributed by atoms with Gasteiger partial charge < -0.3 is 29.6 Å². The number of amides is 5. The predicted molar refractivity (Wildman–Crippen MR) is 222 cm³/mol. The van der Waals surface area contributed by atoms with E-state index in [1.807, 2.05) is 73.7 Å². The summed E-state index contributed by atoms with van der Waals surface area (Å²) in [4.78, 5) is 59.4. The number of nitrogens with one attached hydrogen (secondary N) is 2. The molecule has 2 heterocycles. The zero-order valence-corrected chi connectivity index (χ0v) is 34.6. The lowest BCUT2D eigenvalue weighted by atomic mass is 9.43. The van der Waals surface area contributed by atoms with Crippen LogP contribution in [0.1, 0.15) is 89.8 Å². The summed E-state index contributed by atoms with van der Waals surface area (Å²) in [6.45, 7) is 12.8. The molecule has 0 spiro atoms. The van der Waals surface area contributed by atoms with E-state index in [0.717, 1.165) is 52.0 Å². The molecule has 5 amide bonds. The first kappa shape index (κ1) is 40.1. The smallest absolute Gasteiger partial charge is 0.449 e. The maximum atomic E-state index is 14.6. The minimum Gasteiger partial charge on any atom is -0.449 e. The Morgan fingerprint density at radius 2 is 1.57 bits per heavy atom. The van der Waals surface area contributed by atoms with Crippen molar-refractivity contribution in [2.75, 3.05) is 19.7 Å². The second kappa shape index (κ2) is 15.8. The normalized spacial score (nSPS) is 26.4. The first-order valence-corrected chi connectivity index (χ1v) is 21.2. The van der Waals surface area contributed by atoms with E-state index in [-0.39, 0.29) is 30.6 Å². The Morgan fingerprint density at radius 1 is 0.914 bits per heavy atom. The quantitative estimate of drug-likeness (QED) is 0.179. The Labute approximate surface area is 342 Å². The van der Waals surface area contributed by atoms with Crippen LogP contribution < -0.4 is 10.6 Å². The topological polar surface area (TPSA) is 127 Å². The molecule has 2 saturated heterocycles. The van der Waals surface area contributed by atoms with Crippen LogP contribution in [0.4, 0.5) is 9.59 Å². The minimum absolute atomic E-state index is 0.0298.